The first kappa shape index (κ1) is 11.6. The summed E-state index contributed by atoms with van der Waals surface area (Å²) in [6.45, 7) is 1.48. The Kier molecular flexibility index (Phi) is 3.95. The standard InChI is InChI=1S/C12H14IN3/c13-12-7-15-16(9-12)8-11(6-14)10-4-2-1-3-5-10/h1-5,7,9,11H,6,8,14H2. The predicted octanol–water partition coefficient (Wildman–Crippen LogP) is 2.23. The third-order valence-corrected chi connectivity index (χ3v) is 3.12. The molecule has 0 aliphatic rings. The van der Waals surface area contributed by atoms with E-state index in [9.17, 15) is 0 Å². The average Bonchev–Trinajstić information content (AvgIpc) is 2.73. The zero-order chi connectivity index (χ0) is 11.4. The molecular formula is C12H14IN3. The summed E-state index contributed by atoms with van der Waals surface area (Å²) in [5.41, 5.74) is 7.09. The van der Waals surface area contributed by atoms with E-state index < -0.39 is 0 Å². The summed E-state index contributed by atoms with van der Waals surface area (Å²) in [7, 11) is 0. The molecule has 1 unspecified atom stereocenters. The van der Waals surface area contributed by atoms with Crippen LogP contribution < -0.4 is 5.73 Å². The van der Waals surface area contributed by atoms with Crippen molar-refractivity contribution in [1.29, 1.82) is 0 Å². The maximum atomic E-state index is 5.82. The first-order valence-corrected chi connectivity index (χ1v) is 6.30. The highest BCUT2D eigenvalue weighted by molar-refractivity contribution is 14.1. The maximum absolute atomic E-state index is 5.82. The Morgan fingerprint density at radius 3 is 2.62 bits per heavy atom. The summed E-state index contributed by atoms with van der Waals surface area (Å²) >= 11 is 2.26. The molecule has 0 amide bonds. The largest absolute Gasteiger partial charge is 0.330 e. The van der Waals surface area contributed by atoms with E-state index in [4.69, 9.17) is 5.73 Å². The van der Waals surface area contributed by atoms with Gasteiger partial charge in [-0.15, -0.1) is 0 Å². The van der Waals surface area contributed by atoms with Crippen molar-refractivity contribution >= 4 is 22.6 Å². The summed E-state index contributed by atoms with van der Waals surface area (Å²) in [5, 5.41) is 4.28. The second kappa shape index (κ2) is 5.45. The normalized spacial score (nSPS) is 12.6. The molecule has 16 heavy (non-hydrogen) atoms. The van der Waals surface area contributed by atoms with Crippen LogP contribution in [0.3, 0.4) is 0 Å². The molecule has 2 rings (SSSR count). The Balaban J connectivity index is 2.12. The van der Waals surface area contributed by atoms with Crippen LogP contribution >= 0.6 is 22.6 Å². The molecule has 84 valence electrons. The maximum Gasteiger partial charge on any atom is 0.0623 e. The molecule has 0 aliphatic carbocycles. The van der Waals surface area contributed by atoms with Crippen molar-refractivity contribution in [3.63, 3.8) is 0 Å². The topological polar surface area (TPSA) is 43.8 Å². The predicted molar refractivity (Wildman–Crippen MR) is 73.2 cm³/mol. The van der Waals surface area contributed by atoms with Gasteiger partial charge in [0.25, 0.3) is 0 Å². The summed E-state index contributed by atoms with van der Waals surface area (Å²) in [6, 6.07) is 10.3. The monoisotopic (exact) mass is 327 g/mol. The first-order valence-electron chi connectivity index (χ1n) is 5.22. The highest BCUT2D eigenvalue weighted by atomic mass is 127. The van der Waals surface area contributed by atoms with Crippen molar-refractivity contribution in [2.75, 3.05) is 6.54 Å². The Morgan fingerprint density at radius 1 is 1.31 bits per heavy atom. The molecule has 3 nitrogen and oxygen atoms in total. The number of nitrogens with two attached hydrogens (primary N) is 1. The molecule has 0 saturated carbocycles. The van der Waals surface area contributed by atoms with Crippen molar-refractivity contribution in [2.24, 2.45) is 5.73 Å². The number of hydrogen-bond donors (Lipinski definition) is 1. The Hall–Kier alpha value is -0.880. The smallest absolute Gasteiger partial charge is 0.0623 e. The highest BCUT2D eigenvalue weighted by Gasteiger charge is 2.10. The molecule has 2 aromatic rings. The number of halogens is 1. The molecule has 1 aromatic carbocycles. The number of benzene rings is 1. The Labute approximate surface area is 109 Å². The van der Waals surface area contributed by atoms with Crippen LogP contribution in [0.1, 0.15) is 11.5 Å². The minimum atomic E-state index is 0.330. The summed E-state index contributed by atoms with van der Waals surface area (Å²) < 4.78 is 3.10. The quantitative estimate of drug-likeness (QED) is 0.875. The van der Waals surface area contributed by atoms with Crippen LogP contribution in [0.15, 0.2) is 42.7 Å². The van der Waals surface area contributed by atoms with Gasteiger partial charge in [0.1, 0.15) is 0 Å². The van der Waals surface area contributed by atoms with Crippen molar-refractivity contribution in [2.45, 2.75) is 12.5 Å². The highest BCUT2D eigenvalue weighted by Crippen LogP contribution is 2.16. The van der Waals surface area contributed by atoms with Crippen LogP contribution in [0, 0.1) is 3.57 Å². The number of aromatic nitrogens is 2. The molecule has 1 heterocycles. The third kappa shape index (κ3) is 2.82. The van der Waals surface area contributed by atoms with Gasteiger partial charge in [-0.1, -0.05) is 30.3 Å². The van der Waals surface area contributed by atoms with Crippen molar-refractivity contribution in [3.8, 4) is 0 Å². The molecule has 0 fully saturated rings. The van der Waals surface area contributed by atoms with Gasteiger partial charge in [-0.2, -0.15) is 5.10 Å². The molecule has 1 aromatic heterocycles. The van der Waals surface area contributed by atoms with Crippen molar-refractivity contribution < 1.29 is 0 Å². The fourth-order valence-electron chi connectivity index (χ4n) is 1.71. The summed E-state index contributed by atoms with van der Waals surface area (Å²) in [5.74, 6) is 0.330. The molecule has 0 bridgehead atoms. The molecule has 0 spiro atoms. The van der Waals surface area contributed by atoms with Crippen molar-refractivity contribution in [1.82, 2.24) is 9.78 Å². The van der Waals surface area contributed by atoms with Gasteiger partial charge in [0, 0.05) is 25.2 Å². The number of rotatable bonds is 4. The fraction of sp³-hybridized carbons (Fsp3) is 0.250. The van der Waals surface area contributed by atoms with E-state index in [1.165, 1.54) is 5.56 Å². The Bertz CT molecular complexity index is 439. The van der Waals surface area contributed by atoms with E-state index in [0.29, 0.717) is 12.5 Å². The van der Waals surface area contributed by atoms with E-state index in [0.717, 1.165) is 10.1 Å². The minimum absolute atomic E-state index is 0.330. The Morgan fingerprint density at radius 2 is 2.06 bits per heavy atom. The minimum Gasteiger partial charge on any atom is -0.330 e. The average molecular weight is 327 g/mol. The SMILES string of the molecule is NCC(Cn1cc(I)cn1)c1ccccc1. The van der Waals surface area contributed by atoms with Crippen molar-refractivity contribution in [3.05, 3.63) is 51.9 Å². The van der Waals surface area contributed by atoms with Gasteiger partial charge in [-0.25, -0.2) is 0 Å². The van der Waals surface area contributed by atoms with E-state index in [1.807, 2.05) is 35.3 Å². The van der Waals surface area contributed by atoms with Crippen LogP contribution in [0.25, 0.3) is 0 Å². The van der Waals surface area contributed by atoms with Gasteiger partial charge in [0.2, 0.25) is 0 Å². The second-order valence-electron chi connectivity index (χ2n) is 3.72. The summed E-state index contributed by atoms with van der Waals surface area (Å²) in [4.78, 5) is 0. The molecule has 1 atom stereocenters. The summed E-state index contributed by atoms with van der Waals surface area (Å²) in [6.07, 6.45) is 3.89. The van der Waals surface area contributed by atoms with Gasteiger partial charge in [-0.3, -0.25) is 4.68 Å². The third-order valence-electron chi connectivity index (χ3n) is 2.56. The zero-order valence-corrected chi connectivity index (χ0v) is 11.0. The lowest BCUT2D eigenvalue weighted by molar-refractivity contribution is 0.521. The van der Waals surface area contributed by atoms with Gasteiger partial charge in [0.05, 0.1) is 9.77 Å². The first-order chi connectivity index (χ1) is 7.79. The van der Waals surface area contributed by atoms with E-state index >= 15 is 0 Å². The van der Waals surface area contributed by atoms with Crippen LogP contribution in [-0.4, -0.2) is 16.3 Å². The lowest BCUT2D eigenvalue weighted by atomic mass is 9.99. The van der Waals surface area contributed by atoms with E-state index in [1.54, 1.807) is 0 Å². The number of nitrogens with zero attached hydrogens (tertiary/aromatic N) is 2. The van der Waals surface area contributed by atoms with Gasteiger partial charge in [0.15, 0.2) is 0 Å². The lowest BCUT2D eigenvalue weighted by Crippen LogP contribution is -2.18. The molecule has 0 aliphatic heterocycles. The van der Waals surface area contributed by atoms with Crippen LogP contribution in [0.2, 0.25) is 0 Å². The van der Waals surface area contributed by atoms with Gasteiger partial charge >= 0.3 is 0 Å². The van der Waals surface area contributed by atoms with Crippen LogP contribution in [0.4, 0.5) is 0 Å². The van der Waals surface area contributed by atoms with E-state index in [-0.39, 0.29) is 0 Å². The van der Waals surface area contributed by atoms with Crippen LogP contribution in [0.5, 0.6) is 0 Å². The lowest BCUT2D eigenvalue weighted by Gasteiger charge is -2.14. The molecule has 0 saturated heterocycles. The molecular weight excluding hydrogens is 313 g/mol. The zero-order valence-electron chi connectivity index (χ0n) is 8.88. The molecule has 2 N–H and O–H groups in total. The van der Waals surface area contributed by atoms with Crippen LogP contribution in [-0.2, 0) is 6.54 Å². The van der Waals surface area contributed by atoms with E-state index in [2.05, 4.69) is 39.8 Å². The van der Waals surface area contributed by atoms with Gasteiger partial charge < -0.3 is 5.73 Å². The van der Waals surface area contributed by atoms with Gasteiger partial charge in [-0.05, 0) is 28.2 Å². The molecule has 0 radical (unpaired) electrons. The number of hydrogen-bond acceptors (Lipinski definition) is 2. The fourth-order valence-corrected chi connectivity index (χ4v) is 2.15. The second-order valence-corrected chi connectivity index (χ2v) is 4.97. The molecule has 4 heteroatoms.